The molecule has 7 heteroatoms. The zero-order chi connectivity index (χ0) is 17.2. The summed E-state index contributed by atoms with van der Waals surface area (Å²) in [6.45, 7) is 5.12. The van der Waals surface area contributed by atoms with E-state index in [0.717, 1.165) is 50.5 Å². The Kier molecular flexibility index (Phi) is 4.38. The predicted molar refractivity (Wildman–Crippen MR) is 95.8 cm³/mol. The number of carbonyl (C=O) groups excluding carboxylic acids is 1. The molecule has 2 aromatic rings. The Morgan fingerprint density at radius 2 is 2.16 bits per heavy atom. The second-order valence-corrected chi connectivity index (χ2v) is 7.10. The van der Waals surface area contributed by atoms with E-state index in [1.165, 1.54) is 12.8 Å². The average molecular weight is 340 g/mol. The molecule has 1 unspecified atom stereocenters. The third-order valence-corrected chi connectivity index (χ3v) is 5.07. The number of rotatable bonds is 3. The number of hydrogen-bond acceptors (Lipinski definition) is 5. The lowest BCUT2D eigenvalue weighted by Gasteiger charge is -2.31. The summed E-state index contributed by atoms with van der Waals surface area (Å²) in [6, 6.07) is 3.63. The third-order valence-electron chi connectivity index (χ3n) is 5.07. The standard InChI is InChI=1S/C18H24N6O/c1-13-5-4-9-23(12-13)16-11-14(7-8-19-16)17(25)20-18-22-21-15-6-2-3-10-24(15)18/h7-8,11,13H,2-6,9-10,12H2,1H3,(H,20,22,25). The minimum absolute atomic E-state index is 0.158. The quantitative estimate of drug-likeness (QED) is 0.929. The number of aromatic nitrogens is 4. The summed E-state index contributed by atoms with van der Waals surface area (Å²) in [5, 5.41) is 11.2. The van der Waals surface area contributed by atoms with Gasteiger partial charge in [-0.3, -0.25) is 14.7 Å². The lowest BCUT2D eigenvalue weighted by Crippen LogP contribution is -2.35. The molecule has 0 bridgehead atoms. The van der Waals surface area contributed by atoms with Gasteiger partial charge in [0.05, 0.1) is 0 Å². The molecule has 4 heterocycles. The first-order valence-corrected chi connectivity index (χ1v) is 9.15. The summed E-state index contributed by atoms with van der Waals surface area (Å²) in [4.78, 5) is 19.4. The summed E-state index contributed by atoms with van der Waals surface area (Å²) in [7, 11) is 0. The normalized spacial score (nSPS) is 20.2. The molecular weight excluding hydrogens is 316 g/mol. The number of pyridine rings is 1. The molecule has 0 aromatic carbocycles. The van der Waals surface area contributed by atoms with Crippen LogP contribution >= 0.6 is 0 Å². The number of carbonyl (C=O) groups is 1. The van der Waals surface area contributed by atoms with Crippen molar-refractivity contribution in [1.82, 2.24) is 19.7 Å². The molecule has 0 radical (unpaired) electrons. The SMILES string of the molecule is CC1CCCN(c2cc(C(=O)Nc3nnc4n3CCCC4)ccn2)C1. The highest BCUT2D eigenvalue weighted by atomic mass is 16.1. The van der Waals surface area contributed by atoms with Crippen LogP contribution in [0.15, 0.2) is 18.3 Å². The highest BCUT2D eigenvalue weighted by Gasteiger charge is 2.20. The van der Waals surface area contributed by atoms with Gasteiger partial charge in [0.25, 0.3) is 5.91 Å². The monoisotopic (exact) mass is 340 g/mol. The molecule has 2 aliphatic rings. The Bertz CT molecular complexity index is 771. The Morgan fingerprint density at radius 1 is 1.24 bits per heavy atom. The van der Waals surface area contributed by atoms with Crippen molar-refractivity contribution < 1.29 is 4.79 Å². The Labute approximate surface area is 147 Å². The average Bonchev–Trinajstić information content (AvgIpc) is 3.05. The number of anilines is 2. The maximum absolute atomic E-state index is 12.7. The van der Waals surface area contributed by atoms with Crippen LogP contribution in [0.1, 0.15) is 48.8 Å². The van der Waals surface area contributed by atoms with Gasteiger partial charge in [-0.25, -0.2) is 4.98 Å². The highest BCUT2D eigenvalue weighted by molar-refractivity contribution is 6.03. The van der Waals surface area contributed by atoms with Crippen LogP contribution in [0.25, 0.3) is 0 Å². The minimum atomic E-state index is -0.158. The molecular formula is C18H24N6O. The largest absolute Gasteiger partial charge is 0.356 e. The predicted octanol–water partition coefficient (Wildman–Crippen LogP) is 2.50. The van der Waals surface area contributed by atoms with Crippen molar-refractivity contribution in [3.63, 3.8) is 0 Å². The van der Waals surface area contributed by atoms with Gasteiger partial charge in [0.15, 0.2) is 0 Å². The van der Waals surface area contributed by atoms with Gasteiger partial charge in [-0.2, -0.15) is 0 Å². The van der Waals surface area contributed by atoms with E-state index < -0.39 is 0 Å². The first kappa shape index (κ1) is 16.1. The second kappa shape index (κ2) is 6.82. The molecule has 1 fully saturated rings. The number of nitrogens with zero attached hydrogens (tertiary/aromatic N) is 5. The van der Waals surface area contributed by atoms with Gasteiger partial charge in [0.2, 0.25) is 5.95 Å². The van der Waals surface area contributed by atoms with Crippen LogP contribution in [0, 0.1) is 5.92 Å². The van der Waals surface area contributed by atoms with Crippen molar-refractivity contribution >= 4 is 17.7 Å². The van der Waals surface area contributed by atoms with Gasteiger partial charge in [-0.15, -0.1) is 10.2 Å². The molecule has 2 aromatic heterocycles. The van der Waals surface area contributed by atoms with Crippen molar-refractivity contribution in [3.05, 3.63) is 29.7 Å². The van der Waals surface area contributed by atoms with Crippen LogP contribution in [0.3, 0.4) is 0 Å². The van der Waals surface area contributed by atoms with Gasteiger partial charge >= 0.3 is 0 Å². The zero-order valence-electron chi connectivity index (χ0n) is 14.6. The number of piperidine rings is 1. The number of nitrogens with one attached hydrogen (secondary N) is 1. The number of aryl methyl sites for hydroxylation is 1. The lowest BCUT2D eigenvalue weighted by atomic mass is 10.0. The molecule has 1 amide bonds. The van der Waals surface area contributed by atoms with Crippen LogP contribution in [0.5, 0.6) is 0 Å². The molecule has 4 rings (SSSR count). The Hall–Kier alpha value is -2.44. The Balaban J connectivity index is 1.50. The zero-order valence-corrected chi connectivity index (χ0v) is 14.6. The summed E-state index contributed by atoms with van der Waals surface area (Å²) in [6.07, 6.45) is 7.30. The molecule has 0 saturated carbocycles. The summed E-state index contributed by atoms with van der Waals surface area (Å²) in [5.41, 5.74) is 0.608. The lowest BCUT2D eigenvalue weighted by molar-refractivity contribution is 0.102. The minimum Gasteiger partial charge on any atom is -0.356 e. The maximum Gasteiger partial charge on any atom is 0.258 e. The number of hydrogen-bond donors (Lipinski definition) is 1. The van der Waals surface area contributed by atoms with E-state index in [4.69, 9.17) is 0 Å². The molecule has 1 atom stereocenters. The summed E-state index contributed by atoms with van der Waals surface area (Å²) >= 11 is 0. The van der Waals surface area contributed by atoms with Crippen LogP contribution in [0.2, 0.25) is 0 Å². The van der Waals surface area contributed by atoms with Gasteiger partial charge in [-0.1, -0.05) is 6.92 Å². The fourth-order valence-corrected chi connectivity index (χ4v) is 3.70. The van der Waals surface area contributed by atoms with E-state index in [1.807, 2.05) is 10.6 Å². The molecule has 1 N–H and O–H groups in total. The molecule has 0 aliphatic carbocycles. The highest BCUT2D eigenvalue weighted by Crippen LogP contribution is 2.22. The topological polar surface area (TPSA) is 75.9 Å². The number of amides is 1. The van der Waals surface area contributed by atoms with Gasteiger partial charge in [0, 0.05) is 37.8 Å². The van der Waals surface area contributed by atoms with Gasteiger partial charge in [-0.05, 0) is 43.7 Å². The van der Waals surface area contributed by atoms with Crippen LogP contribution in [-0.2, 0) is 13.0 Å². The Morgan fingerprint density at radius 3 is 3.04 bits per heavy atom. The van der Waals surface area contributed by atoms with Gasteiger partial charge in [0.1, 0.15) is 11.6 Å². The molecule has 2 aliphatic heterocycles. The van der Waals surface area contributed by atoms with E-state index in [9.17, 15) is 4.79 Å². The first-order valence-electron chi connectivity index (χ1n) is 9.15. The van der Waals surface area contributed by atoms with E-state index in [-0.39, 0.29) is 5.91 Å². The van der Waals surface area contributed by atoms with Crippen molar-refractivity contribution in [3.8, 4) is 0 Å². The number of fused-ring (bicyclic) bond motifs is 1. The maximum atomic E-state index is 12.7. The molecule has 0 spiro atoms. The molecule has 25 heavy (non-hydrogen) atoms. The third kappa shape index (κ3) is 3.36. The first-order chi connectivity index (χ1) is 12.2. The summed E-state index contributed by atoms with van der Waals surface area (Å²) in [5.74, 6) is 2.89. The molecule has 132 valence electrons. The van der Waals surface area contributed by atoms with Crippen LogP contribution in [0.4, 0.5) is 11.8 Å². The van der Waals surface area contributed by atoms with E-state index in [2.05, 4.69) is 32.3 Å². The smallest absolute Gasteiger partial charge is 0.258 e. The second-order valence-electron chi connectivity index (χ2n) is 7.10. The summed E-state index contributed by atoms with van der Waals surface area (Å²) < 4.78 is 2.01. The van der Waals surface area contributed by atoms with E-state index in [0.29, 0.717) is 17.4 Å². The van der Waals surface area contributed by atoms with E-state index >= 15 is 0 Å². The molecule has 1 saturated heterocycles. The van der Waals surface area contributed by atoms with Crippen molar-refractivity contribution in [2.24, 2.45) is 5.92 Å². The van der Waals surface area contributed by atoms with Crippen molar-refractivity contribution in [2.45, 2.75) is 45.6 Å². The van der Waals surface area contributed by atoms with Gasteiger partial charge < -0.3 is 4.90 Å². The fourth-order valence-electron chi connectivity index (χ4n) is 3.70. The van der Waals surface area contributed by atoms with Crippen LogP contribution < -0.4 is 10.2 Å². The van der Waals surface area contributed by atoms with Crippen molar-refractivity contribution in [1.29, 1.82) is 0 Å². The molecule has 7 nitrogen and oxygen atoms in total. The van der Waals surface area contributed by atoms with Crippen LogP contribution in [-0.4, -0.2) is 38.7 Å². The van der Waals surface area contributed by atoms with E-state index in [1.54, 1.807) is 12.3 Å². The fraction of sp³-hybridized carbons (Fsp3) is 0.556. The van der Waals surface area contributed by atoms with Crippen molar-refractivity contribution in [2.75, 3.05) is 23.3 Å².